The van der Waals surface area contributed by atoms with Crippen LogP contribution in [0.1, 0.15) is 24.2 Å². The summed E-state index contributed by atoms with van der Waals surface area (Å²) in [6.07, 6.45) is 0. The van der Waals surface area contributed by atoms with E-state index in [4.69, 9.17) is 21.1 Å². The first kappa shape index (κ1) is 16.4. The van der Waals surface area contributed by atoms with E-state index in [1.54, 1.807) is 0 Å². The lowest BCUT2D eigenvalue weighted by atomic mass is 10.2. The standard InChI is InChI=1S/C13H16ClNO5/c1-9(2)8-19-6-7-20-13(16)10-4-3-5-11(12(10)14)15(17)18/h3-5,9H,6-8H2,1-2H3. The lowest BCUT2D eigenvalue weighted by Gasteiger charge is -2.08. The summed E-state index contributed by atoms with van der Waals surface area (Å²) in [4.78, 5) is 21.8. The molecule has 0 unspecified atom stereocenters. The van der Waals surface area contributed by atoms with Crippen LogP contribution in [-0.4, -0.2) is 30.7 Å². The summed E-state index contributed by atoms with van der Waals surface area (Å²) < 4.78 is 10.2. The molecule has 0 bridgehead atoms. The number of ether oxygens (including phenoxy) is 2. The molecule has 0 heterocycles. The summed E-state index contributed by atoms with van der Waals surface area (Å²) in [6.45, 7) is 4.94. The highest BCUT2D eigenvalue weighted by Crippen LogP contribution is 2.28. The van der Waals surface area contributed by atoms with Crippen molar-refractivity contribution in [3.63, 3.8) is 0 Å². The number of esters is 1. The van der Waals surface area contributed by atoms with E-state index in [-0.39, 0.29) is 29.5 Å². The molecule has 0 aliphatic rings. The van der Waals surface area contributed by atoms with Crippen molar-refractivity contribution in [3.05, 3.63) is 38.9 Å². The summed E-state index contributed by atoms with van der Waals surface area (Å²) in [5.41, 5.74) is -0.345. The summed E-state index contributed by atoms with van der Waals surface area (Å²) in [6, 6.07) is 3.99. The summed E-state index contributed by atoms with van der Waals surface area (Å²) in [5, 5.41) is 10.5. The van der Waals surface area contributed by atoms with Gasteiger partial charge in [0.2, 0.25) is 0 Å². The van der Waals surface area contributed by atoms with Gasteiger partial charge in [0, 0.05) is 12.7 Å². The second kappa shape index (κ2) is 7.81. The Labute approximate surface area is 121 Å². The van der Waals surface area contributed by atoms with Crippen molar-refractivity contribution < 1.29 is 19.2 Å². The van der Waals surface area contributed by atoms with Crippen LogP contribution in [0.3, 0.4) is 0 Å². The van der Waals surface area contributed by atoms with Gasteiger partial charge >= 0.3 is 5.97 Å². The smallest absolute Gasteiger partial charge is 0.339 e. The number of nitro groups is 1. The third-order valence-corrected chi connectivity index (χ3v) is 2.70. The summed E-state index contributed by atoms with van der Waals surface area (Å²) >= 11 is 5.81. The van der Waals surface area contributed by atoms with Crippen LogP contribution < -0.4 is 0 Å². The fraction of sp³-hybridized carbons (Fsp3) is 0.462. The quantitative estimate of drug-likeness (QED) is 0.335. The highest BCUT2D eigenvalue weighted by Gasteiger charge is 2.20. The highest BCUT2D eigenvalue weighted by molar-refractivity contribution is 6.35. The number of nitrogens with zero attached hydrogens (tertiary/aromatic N) is 1. The molecule has 0 atom stereocenters. The van der Waals surface area contributed by atoms with E-state index in [0.717, 1.165) is 0 Å². The molecule has 7 heteroatoms. The van der Waals surface area contributed by atoms with Gasteiger partial charge in [-0.3, -0.25) is 10.1 Å². The van der Waals surface area contributed by atoms with Gasteiger partial charge in [0.05, 0.1) is 17.1 Å². The average Bonchev–Trinajstić information content (AvgIpc) is 2.37. The van der Waals surface area contributed by atoms with Crippen molar-refractivity contribution in [1.82, 2.24) is 0 Å². The first-order chi connectivity index (χ1) is 9.43. The summed E-state index contributed by atoms with van der Waals surface area (Å²) in [5.74, 6) is -0.302. The number of carbonyl (C=O) groups is 1. The molecule has 0 aromatic heterocycles. The Balaban J connectivity index is 2.56. The van der Waals surface area contributed by atoms with Crippen LogP contribution in [-0.2, 0) is 9.47 Å². The van der Waals surface area contributed by atoms with Crippen molar-refractivity contribution in [2.45, 2.75) is 13.8 Å². The Morgan fingerprint density at radius 1 is 1.40 bits per heavy atom. The fourth-order valence-electron chi connectivity index (χ4n) is 1.41. The van der Waals surface area contributed by atoms with E-state index in [0.29, 0.717) is 12.5 Å². The fourth-order valence-corrected chi connectivity index (χ4v) is 1.68. The third-order valence-electron chi connectivity index (χ3n) is 2.31. The molecule has 1 aromatic rings. The minimum atomic E-state index is -0.702. The van der Waals surface area contributed by atoms with Crippen LogP contribution in [0.4, 0.5) is 5.69 Å². The second-order valence-corrected chi connectivity index (χ2v) is 4.88. The Morgan fingerprint density at radius 3 is 2.70 bits per heavy atom. The first-order valence-corrected chi connectivity index (χ1v) is 6.49. The number of rotatable bonds is 7. The van der Waals surface area contributed by atoms with Gasteiger partial charge in [-0.05, 0) is 12.0 Å². The number of halogens is 1. The zero-order chi connectivity index (χ0) is 15.1. The van der Waals surface area contributed by atoms with Gasteiger partial charge in [0.25, 0.3) is 5.69 Å². The normalized spacial score (nSPS) is 10.6. The Morgan fingerprint density at radius 2 is 2.10 bits per heavy atom. The number of nitro benzene ring substituents is 1. The molecule has 0 N–H and O–H groups in total. The van der Waals surface area contributed by atoms with E-state index in [9.17, 15) is 14.9 Å². The minimum absolute atomic E-state index is 0.0234. The van der Waals surface area contributed by atoms with Gasteiger partial charge in [0.15, 0.2) is 0 Å². The van der Waals surface area contributed by atoms with Crippen molar-refractivity contribution in [2.75, 3.05) is 19.8 Å². The lowest BCUT2D eigenvalue weighted by molar-refractivity contribution is -0.384. The molecule has 0 radical (unpaired) electrons. The van der Waals surface area contributed by atoms with Gasteiger partial charge in [-0.25, -0.2) is 4.79 Å². The molecule has 1 aromatic carbocycles. The highest BCUT2D eigenvalue weighted by atomic mass is 35.5. The molecule has 110 valence electrons. The van der Waals surface area contributed by atoms with E-state index < -0.39 is 10.9 Å². The van der Waals surface area contributed by atoms with E-state index in [1.165, 1.54) is 18.2 Å². The molecule has 20 heavy (non-hydrogen) atoms. The van der Waals surface area contributed by atoms with Gasteiger partial charge in [-0.2, -0.15) is 0 Å². The number of benzene rings is 1. The second-order valence-electron chi connectivity index (χ2n) is 4.50. The van der Waals surface area contributed by atoms with Gasteiger partial charge in [-0.1, -0.05) is 31.5 Å². The first-order valence-electron chi connectivity index (χ1n) is 6.11. The molecular weight excluding hydrogens is 286 g/mol. The largest absolute Gasteiger partial charge is 0.460 e. The molecule has 0 amide bonds. The zero-order valence-corrected chi connectivity index (χ0v) is 12.1. The Hall–Kier alpha value is -1.66. The van der Waals surface area contributed by atoms with Crippen molar-refractivity contribution >= 4 is 23.3 Å². The maximum Gasteiger partial charge on any atom is 0.339 e. The molecule has 0 saturated heterocycles. The zero-order valence-electron chi connectivity index (χ0n) is 11.3. The predicted octanol–water partition coefficient (Wildman–Crippen LogP) is 3.08. The number of hydrogen-bond acceptors (Lipinski definition) is 5. The predicted molar refractivity (Wildman–Crippen MR) is 74.0 cm³/mol. The topological polar surface area (TPSA) is 78.7 Å². The van der Waals surface area contributed by atoms with Crippen LogP contribution in [0.5, 0.6) is 0 Å². The SMILES string of the molecule is CC(C)COCCOC(=O)c1cccc([N+](=O)[O-])c1Cl. The Bertz CT molecular complexity index is 490. The maximum absolute atomic E-state index is 11.8. The average molecular weight is 302 g/mol. The van der Waals surface area contributed by atoms with Crippen molar-refractivity contribution in [2.24, 2.45) is 5.92 Å². The van der Waals surface area contributed by atoms with Crippen molar-refractivity contribution in [3.8, 4) is 0 Å². The minimum Gasteiger partial charge on any atom is -0.460 e. The lowest BCUT2D eigenvalue weighted by Crippen LogP contribution is -2.13. The van der Waals surface area contributed by atoms with Crippen LogP contribution in [0.2, 0.25) is 5.02 Å². The molecule has 0 spiro atoms. The molecule has 0 aliphatic carbocycles. The summed E-state index contributed by atoms with van der Waals surface area (Å²) in [7, 11) is 0. The molecule has 0 aliphatic heterocycles. The van der Waals surface area contributed by atoms with Gasteiger partial charge in [0.1, 0.15) is 11.6 Å². The van der Waals surface area contributed by atoms with E-state index in [1.807, 2.05) is 13.8 Å². The van der Waals surface area contributed by atoms with Crippen LogP contribution >= 0.6 is 11.6 Å². The van der Waals surface area contributed by atoms with E-state index in [2.05, 4.69) is 0 Å². The monoisotopic (exact) mass is 301 g/mol. The van der Waals surface area contributed by atoms with Crippen LogP contribution in [0.15, 0.2) is 18.2 Å². The number of carbonyl (C=O) groups excluding carboxylic acids is 1. The number of hydrogen-bond donors (Lipinski definition) is 0. The third kappa shape index (κ3) is 4.79. The van der Waals surface area contributed by atoms with Crippen molar-refractivity contribution in [1.29, 1.82) is 0 Å². The molecule has 6 nitrogen and oxygen atoms in total. The van der Waals surface area contributed by atoms with Gasteiger partial charge < -0.3 is 9.47 Å². The van der Waals surface area contributed by atoms with E-state index >= 15 is 0 Å². The molecular formula is C13H16ClNO5. The Kier molecular flexibility index (Phi) is 6.41. The molecule has 0 fully saturated rings. The van der Waals surface area contributed by atoms with Gasteiger partial charge in [-0.15, -0.1) is 0 Å². The molecule has 1 rings (SSSR count). The van der Waals surface area contributed by atoms with Crippen LogP contribution in [0.25, 0.3) is 0 Å². The molecule has 0 saturated carbocycles. The van der Waals surface area contributed by atoms with Crippen LogP contribution in [0, 0.1) is 16.0 Å². The maximum atomic E-state index is 11.8.